The van der Waals surface area contributed by atoms with Crippen LogP contribution in [0, 0.1) is 0 Å². The van der Waals surface area contributed by atoms with Crippen LogP contribution in [0.5, 0.6) is 11.5 Å². The lowest BCUT2D eigenvalue weighted by atomic mass is 9.93. The summed E-state index contributed by atoms with van der Waals surface area (Å²) in [4.78, 5) is 0. The van der Waals surface area contributed by atoms with Gasteiger partial charge in [-0.15, -0.1) is 13.2 Å². The molecule has 0 saturated carbocycles. The van der Waals surface area contributed by atoms with Gasteiger partial charge in [0, 0.05) is 21.5 Å². The van der Waals surface area contributed by atoms with Crippen LogP contribution in [0.15, 0.2) is 61.7 Å². The van der Waals surface area contributed by atoms with E-state index in [9.17, 15) is 0 Å². The van der Waals surface area contributed by atoms with Crippen LogP contribution in [0.1, 0.15) is 63.5 Å². The van der Waals surface area contributed by atoms with Gasteiger partial charge in [0.2, 0.25) is 0 Å². The molecule has 0 radical (unpaired) electrons. The van der Waals surface area contributed by atoms with Gasteiger partial charge in [-0.05, 0) is 62.5 Å². The Labute approximate surface area is 193 Å². The summed E-state index contributed by atoms with van der Waals surface area (Å²) in [6.07, 6.45) is 12.2. The number of hydrogen-bond donors (Lipinski definition) is 0. The monoisotopic (exact) mass is 430 g/mol. The van der Waals surface area contributed by atoms with Crippen molar-refractivity contribution in [3.63, 3.8) is 0 Å². The lowest BCUT2D eigenvalue weighted by Crippen LogP contribution is -2.04. The fourth-order valence-corrected chi connectivity index (χ4v) is 4.40. The van der Waals surface area contributed by atoms with E-state index in [1.54, 1.807) is 0 Å². The third kappa shape index (κ3) is 5.35. The molecule has 3 aromatic carbocycles. The van der Waals surface area contributed by atoms with E-state index < -0.39 is 0 Å². The molecule has 0 heterocycles. The third-order valence-electron chi connectivity index (χ3n) is 6.10. The average molecular weight is 431 g/mol. The van der Waals surface area contributed by atoms with Crippen molar-refractivity contribution < 1.29 is 9.47 Å². The summed E-state index contributed by atoms with van der Waals surface area (Å²) in [7, 11) is 0. The second-order valence-electron chi connectivity index (χ2n) is 8.31. The SMILES string of the molecule is C=CCCCCOc1c2cccc(CC)c2c(OCCCCC=C)c2cccc(CC)c12. The molecule has 0 spiro atoms. The quantitative estimate of drug-likeness (QED) is 0.145. The Bertz CT molecular complexity index is 962. The standard InChI is InChI=1S/C30H38O2/c1-5-9-11-13-21-31-29-25-19-15-18-24(8-4)28(25)30(32-22-14-12-10-6-2)26-20-16-17-23(7-3)27(26)29/h5-6,15-20H,1-2,7-14,21-22H2,3-4H3. The highest BCUT2D eigenvalue weighted by Crippen LogP contribution is 2.46. The molecule has 0 unspecified atom stereocenters. The van der Waals surface area contributed by atoms with E-state index in [1.165, 1.54) is 32.7 Å². The van der Waals surface area contributed by atoms with Crippen LogP contribution >= 0.6 is 0 Å². The molecule has 3 rings (SSSR count). The Kier molecular flexibility index (Phi) is 9.22. The summed E-state index contributed by atoms with van der Waals surface area (Å²) < 4.78 is 13.1. The van der Waals surface area contributed by atoms with Crippen molar-refractivity contribution >= 4 is 21.5 Å². The maximum absolute atomic E-state index is 6.53. The van der Waals surface area contributed by atoms with E-state index in [2.05, 4.69) is 63.4 Å². The molecule has 0 atom stereocenters. The molecule has 3 aromatic rings. The van der Waals surface area contributed by atoms with Gasteiger partial charge in [-0.3, -0.25) is 0 Å². The zero-order chi connectivity index (χ0) is 22.8. The van der Waals surface area contributed by atoms with E-state index in [-0.39, 0.29) is 0 Å². The molecule has 0 bridgehead atoms. The van der Waals surface area contributed by atoms with Crippen molar-refractivity contribution in [2.75, 3.05) is 13.2 Å². The first-order valence-electron chi connectivity index (χ1n) is 12.2. The van der Waals surface area contributed by atoms with E-state index >= 15 is 0 Å². The Morgan fingerprint density at radius 3 is 1.47 bits per heavy atom. The van der Waals surface area contributed by atoms with Crippen molar-refractivity contribution in [2.45, 2.75) is 65.2 Å². The number of hydrogen-bond acceptors (Lipinski definition) is 2. The molecule has 0 aliphatic heterocycles. The van der Waals surface area contributed by atoms with Crippen molar-refractivity contribution in [3.05, 3.63) is 72.8 Å². The highest BCUT2D eigenvalue weighted by molar-refractivity contribution is 6.13. The van der Waals surface area contributed by atoms with Gasteiger partial charge >= 0.3 is 0 Å². The lowest BCUT2D eigenvalue weighted by molar-refractivity contribution is 0.309. The topological polar surface area (TPSA) is 18.5 Å². The predicted molar refractivity (Wildman–Crippen MR) is 139 cm³/mol. The van der Waals surface area contributed by atoms with Crippen LogP contribution < -0.4 is 9.47 Å². The first-order valence-corrected chi connectivity index (χ1v) is 12.2. The molecule has 0 saturated heterocycles. The molecule has 0 aliphatic rings. The first-order chi connectivity index (χ1) is 15.8. The number of rotatable bonds is 14. The summed E-state index contributed by atoms with van der Waals surface area (Å²) in [5.41, 5.74) is 2.62. The number of allylic oxidation sites excluding steroid dienone is 2. The molecular weight excluding hydrogens is 392 g/mol. The Morgan fingerprint density at radius 1 is 0.656 bits per heavy atom. The Balaban J connectivity index is 2.14. The Morgan fingerprint density at radius 2 is 1.09 bits per heavy atom. The first kappa shape index (κ1) is 23.9. The van der Waals surface area contributed by atoms with Gasteiger partial charge in [0.1, 0.15) is 11.5 Å². The summed E-state index contributed by atoms with van der Waals surface area (Å²) in [6.45, 7) is 13.5. The Hall–Kier alpha value is -2.74. The number of aryl methyl sites for hydroxylation is 2. The van der Waals surface area contributed by atoms with Crippen LogP contribution in [0.2, 0.25) is 0 Å². The van der Waals surface area contributed by atoms with Crippen LogP contribution in [0.4, 0.5) is 0 Å². The summed E-state index contributed by atoms with van der Waals surface area (Å²) >= 11 is 0. The van der Waals surface area contributed by atoms with Crippen molar-refractivity contribution in [3.8, 4) is 11.5 Å². The van der Waals surface area contributed by atoms with Crippen molar-refractivity contribution in [1.82, 2.24) is 0 Å². The maximum atomic E-state index is 6.53. The molecule has 2 heteroatoms. The number of benzene rings is 3. The highest BCUT2D eigenvalue weighted by Gasteiger charge is 2.20. The van der Waals surface area contributed by atoms with Crippen LogP contribution in [0.25, 0.3) is 21.5 Å². The molecule has 170 valence electrons. The van der Waals surface area contributed by atoms with Crippen LogP contribution in [0.3, 0.4) is 0 Å². The predicted octanol–water partition coefficient (Wildman–Crippen LogP) is 8.59. The fourth-order valence-electron chi connectivity index (χ4n) is 4.40. The lowest BCUT2D eigenvalue weighted by Gasteiger charge is -2.21. The molecule has 0 amide bonds. The van der Waals surface area contributed by atoms with Crippen molar-refractivity contribution in [2.24, 2.45) is 0 Å². The van der Waals surface area contributed by atoms with Gasteiger partial charge in [-0.1, -0.05) is 62.4 Å². The van der Waals surface area contributed by atoms with Crippen LogP contribution in [-0.2, 0) is 12.8 Å². The van der Waals surface area contributed by atoms with Crippen molar-refractivity contribution in [1.29, 1.82) is 0 Å². The molecular formula is C30H38O2. The largest absolute Gasteiger partial charge is 0.492 e. The van der Waals surface area contributed by atoms with Gasteiger partial charge in [-0.25, -0.2) is 0 Å². The minimum absolute atomic E-state index is 0.716. The molecule has 0 fully saturated rings. The second kappa shape index (κ2) is 12.3. The summed E-state index contributed by atoms with van der Waals surface area (Å²) in [5, 5.41) is 4.76. The fraction of sp³-hybridized carbons (Fsp3) is 0.400. The normalized spacial score (nSPS) is 11.1. The molecule has 0 aliphatic carbocycles. The number of ether oxygens (including phenoxy) is 2. The van der Waals surface area contributed by atoms with E-state index in [4.69, 9.17) is 9.47 Å². The van der Waals surface area contributed by atoms with Gasteiger partial charge in [0.25, 0.3) is 0 Å². The zero-order valence-corrected chi connectivity index (χ0v) is 19.9. The smallest absolute Gasteiger partial charge is 0.135 e. The average Bonchev–Trinajstić information content (AvgIpc) is 2.83. The minimum Gasteiger partial charge on any atom is -0.492 e. The summed E-state index contributed by atoms with van der Waals surface area (Å²) in [5.74, 6) is 2.03. The number of fused-ring (bicyclic) bond motifs is 2. The molecule has 0 aromatic heterocycles. The third-order valence-corrected chi connectivity index (χ3v) is 6.10. The zero-order valence-electron chi connectivity index (χ0n) is 19.9. The molecule has 0 N–H and O–H groups in total. The van der Waals surface area contributed by atoms with E-state index in [0.29, 0.717) is 13.2 Å². The number of unbranched alkanes of at least 4 members (excludes halogenated alkanes) is 4. The second-order valence-corrected chi connectivity index (χ2v) is 8.31. The molecule has 32 heavy (non-hydrogen) atoms. The van der Waals surface area contributed by atoms with Gasteiger partial charge in [0.05, 0.1) is 13.2 Å². The van der Waals surface area contributed by atoms with E-state index in [1.807, 2.05) is 12.2 Å². The highest BCUT2D eigenvalue weighted by atomic mass is 16.5. The van der Waals surface area contributed by atoms with Gasteiger partial charge in [0.15, 0.2) is 0 Å². The minimum atomic E-state index is 0.716. The summed E-state index contributed by atoms with van der Waals surface area (Å²) in [6, 6.07) is 13.1. The van der Waals surface area contributed by atoms with Gasteiger partial charge in [-0.2, -0.15) is 0 Å². The van der Waals surface area contributed by atoms with Crippen LogP contribution in [-0.4, -0.2) is 13.2 Å². The van der Waals surface area contributed by atoms with E-state index in [0.717, 1.165) is 62.9 Å². The molecule has 2 nitrogen and oxygen atoms in total. The van der Waals surface area contributed by atoms with Gasteiger partial charge < -0.3 is 9.47 Å². The maximum Gasteiger partial charge on any atom is 0.135 e.